The Morgan fingerprint density at radius 2 is 1.94 bits per heavy atom. The second-order valence-corrected chi connectivity index (χ2v) is 10.9. The molecule has 8 atom stereocenters. The van der Waals surface area contributed by atoms with Gasteiger partial charge >= 0.3 is 0 Å². The molecule has 1 fully saturated rings. The van der Waals surface area contributed by atoms with Gasteiger partial charge in [0.15, 0.2) is 11.1 Å². The van der Waals surface area contributed by atoms with Crippen LogP contribution >= 0.6 is 0 Å². The summed E-state index contributed by atoms with van der Waals surface area (Å²) in [6.45, 7) is 6.96. The van der Waals surface area contributed by atoms with Gasteiger partial charge in [-0.25, -0.2) is 9.69 Å². The van der Waals surface area contributed by atoms with E-state index in [1.54, 1.807) is 7.11 Å². The molecule has 0 saturated heterocycles. The van der Waals surface area contributed by atoms with Gasteiger partial charge in [0.1, 0.15) is 6.10 Å². The fourth-order valence-corrected chi connectivity index (χ4v) is 6.04. The average molecular weight is 526 g/mol. The SMILES string of the molecule is COC1CC(C)C(S(=O)ONC(N)=NCCCC(N)C(O)C(=O)NCCc2ccccc2)C(C)C1C. The first-order chi connectivity index (χ1) is 17.1. The minimum Gasteiger partial charge on any atom is -0.382 e. The molecule has 1 aromatic carbocycles. The predicted octanol–water partition coefficient (Wildman–Crippen LogP) is 1.01. The quantitative estimate of drug-likeness (QED) is 0.110. The smallest absolute Gasteiger partial charge is 0.250 e. The summed E-state index contributed by atoms with van der Waals surface area (Å²) in [5.74, 6) is 0.111. The number of nitrogens with one attached hydrogen (secondary N) is 2. The molecule has 0 bridgehead atoms. The molecular weight excluding hydrogens is 482 g/mol. The van der Waals surface area contributed by atoms with Crippen LogP contribution in [0.5, 0.6) is 0 Å². The van der Waals surface area contributed by atoms with Crippen LogP contribution in [-0.4, -0.2) is 64.9 Å². The summed E-state index contributed by atoms with van der Waals surface area (Å²) < 4.78 is 23.7. The molecule has 204 valence electrons. The summed E-state index contributed by atoms with van der Waals surface area (Å²) in [5, 5.41) is 12.7. The van der Waals surface area contributed by atoms with Gasteiger partial charge in [0.05, 0.1) is 11.4 Å². The molecule has 1 amide bonds. The molecule has 2 rings (SSSR count). The highest BCUT2D eigenvalue weighted by molar-refractivity contribution is 7.80. The standard InChI is InChI=1S/C25H43N5O5S/c1-16-15-21(34-4)17(2)18(3)23(16)36(33)35-30-25(27)29-13-8-11-20(26)22(31)24(32)28-14-12-19-9-6-5-7-10-19/h5-7,9-10,16-18,20-23,31H,8,11-15,26H2,1-4H3,(H,28,32)(H3,27,29,30). The Morgan fingerprint density at radius 1 is 1.25 bits per heavy atom. The summed E-state index contributed by atoms with van der Waals surface area (Å²) in [6, 6.07) is 9.05. The van der Waals surface area contributed by atoms with E-state index >= 15 is 0 Å². The van der Waals surface area contributed by atoms with Gasteiger partial charge in [-0.05, 0) is 49.0 Å². The lowest BCUT2D eigenvalue weighted by atomic mass is 9.74. The maximum atomic E-state index is 12.8. The Kier molecular flexibility index (Phi) is 12.8. The molecule has 1 aliphatic carbocycles. The minimum atomic E-state index is -1.59. The predicted molar refractivity (Wildman–Crippen MR) is 142 cm³/mol. The second kappa shape index (κ2) is 15.3. The average Bonchev–Trinajstić information content (AvgIpc) is 2.87. The van der Waals surface area contributed by atoms with Gasteiger partial charge in [-0.15, -0.1) is 0 Å². The molecule has 1 aromatic rings. The summed E-state index contributed by atoms with van der Waals surface area (Å²) >= 11 is -1.59. The first-order valence-corrected chi connectivity index (χ1v) is 13.7. The monoisotopic (exact) mass is 525 g/mol. The van der Waals surface area contributed by atoms with Crippen molar-refractivity contribution >= 4 is 22.9 Å². The number of rotatable bonds is 13. The van der Waals surface area contributed by atoms with Crippen LogP contribution in [-0.2, 0) is 31.3 Å². The van der Waals surface area contributed by atoms with Gasteiger partial charge in [-0.3, -0.25) is 9.79 Å². The van der Waals surface area contributed by atoms with Crippen LogP contribution in [0, 0.1) is 17.8 Å². The lowest BCUT2D eigenvalue weighted by molar-refractivity contribution is -0.130. The van der Waals surface area contributed by atoms with Crippen LogP contribution in [0.25, 0.3) is 0 Å². The number of guanidine groups is 1. The highest BCUT2D eigenvalue weighted by atomic mass is 32.2. The van der Waals surface area contributed by atoms with Gasteiger partial charge in [0.2, 0.25) is 11.9 Å². The maximum absolute atomic E-state index is 12.8. The fourth-order valence-electron chi connectivity index (χ4n) is 4.68. The van der Waals surface area contributed by atoms with Crippen molar-refractivity contribution in [3.8, 4) is 0 Å². The third kappa shape index (κ3) is 9.11. The van der Waals surface area contributed by atoms with E-state index in [2.05, 4.69) is 36.6 Å². The van der Waals surface area contributed by atoms with Crippen molar-refractivity contribution in [3.63, 3.8) is 0 Å². The Labute approximate surface area is 217 Å². The molecule has 0 radical (unpaired) electrons. The summed E-state index contributed by atoms with van der Waals surface area (Å²) in [5.41, 5.74) is 15.4. The third-order valence-electron chi connectivity index (χ3n) is 7.06. The van der Waals surface area contributed by atoms with Crippen molar-refractivity contribution < 1.29 is 23.1 Å². The molecule has 0 aliphatic heterocycles. The highest BCUT2D eigenvalue weighted by Crippen LogP contribution is 2.38. The number of methoxy groups -OCH3 is 1. The number of aliphatic imine (C=N–C) groups is 1. The topological polar surface area (TPSA) is 161 Å². The largest absolute Gasteiger partial charge is 0.382 e. The van der Waals surface area contributed by atoms with Crippen LogP contribution in [0.15, 0.2) is 35.3 Å². The van der Waals surface area contributed by atoms with Crippen LogP contribution in [0.2, 0.25) is 0 Å². The zero-order valence-electron chi connectivity index (χ0n) is 21.8. The summed E-state index contributed by atoms with van der Waals surface area (Å²) in [4.78, 5) is 16.3. The van der Waals surface area contributed by atoms with Crippen LogP contribution in [0.3, 0.4) is 0 Å². The van der Waals surface area contributed by atoms with Gasteiger partial charge in [-0.2, -0.15) is 4.28 Å². The Balaban J connectivity index is 1.66. The van der Waals surface area contributed by atoms with Crippen molar-refractivity contribution in [2.24, 2.45) is 34.2 Å². The number of ether oxygens (including phenoxy) is 1. The van der Waals surface area contributed by atoms with E-state index in [1.165, 1.54) is 0 Å². The van der Waals surface area contributed by atoms with Gasteiger partial charge in [-0.1, -0.05) is 51.1 Å². The van der Waals surface area contributed by atoms with Crippen molar-refractivity contribution in [2.45, 2.75) is 70.0 Å². The number of hydrogen-bond donors (Lipinski definition) is 5. The van der Waals surface area contributed by atoms with Gasteiger partial charge in [0.25, 0.3) is 0 Å². The van der Waals surface area contributed by atoms with Crippen LogP contribution in [0.4, 0.5) is 0 Å². The molecule has 1 saturated carbocycles. The summed E-state index contributed by atoms with van der Waals surface area (Å²) in [7, 11) is 1.71. The first-order valence-electron chi connectivity index (χ1n) is 12.6. The number of carbonyl (C=O) groups is 1. The number of aliphatic hydroxyl groups excluding tert-OH is 1. The lowest BCUT2D eigenvalue weighted by Crippen LogP contribution is -2.47. The normalized spacial score (nSPS) is 27.2. The van der Waals surface area contributed by atoms with Crippen molar-refractivity contribution in [3.05, 3.63) is 35.9 Å². The van der Waals surface area contributed by atoms with Crippen molar-refractivity contribution in [1.29, 1.82) is 0 Å². The van der Waals surface area contributed by atoms with E-state index in [9.17, 15) is 14.1 Å². The van der Waals surface area contributed by atoms with Gasteiger partial charge < -0.3 is 26.6 Å². The first kappa shape index (κ1) is 30.2. The molecule has 8 unspecified atom stereocenters. The highest BCUT2D eigenvalue weighted by Gasteiger charge is 2.42. The molecule has 0 aromatic heterocycles. The Bertz CT molecular complexity index is 859. The van der Waals surface area contributed by atoms with E-state index in [0.717, 1.165) is 12.0 Å². The maximum Gasteiger partial charge on any atom is 0.250 e. The van der Waals surface area contributed by atoms with E-state index < -0.39 is 29.1 Å². The number of nitrogens with zero attached hydrogens (tertiary/aromatic N) is 1. The third-order valence-corrected chi connectivity index (χ3v) is 8.65. The van der Waals surface area contributed by atoms with E-state index in [4.69, 9.17) is 20.5 Å². The van der Waals surface area contributed by atoms with Crippen molar-refractivity contribution in [1.82, 2.24) is 10.8 Å². The van der Waals surface area contributed by atoms with E-state index in [0.29, 0.717) is 32.4 Å². The molecule has 11 heteroatoms. The number of hydroxylamine groups is 1. The zero-order chi connectivity index (χ0) is 26.7. The molecule has 10 nitrogen and oxygen atoms in total. The molecule has 36 heavy (non-hydrogen) atoms. The van der Waals surface area contributed by atoms with Crippen LogP contribution in [0.1, 0.15) is 45.6 Å². The number of aliphatic hydroxyl groups is 1. The number of carbonyl (C=O) groups excluding carboxylic acids is 1. The number of hydrogen-bond acceptors (Lipinski definition) is 7. The molecular formula is C25H43N5O5S. The molecule has 0 spiro atoms. The molecule has 1 aliphatic rings. The molecule has 0 heterocycles. The lowest BCUT2D eigenvalue weighted by Gasteiger charge is -2.41. The summed E-state index contributed by atoms with van der Waals surface area (Å²) in [6.07, 6.45) is 1.23. The second-order valence-electron chi connectivity index (χ2n) is 9.66. The van der Waals surface area contributed by atoms with E-state index in [-0.39, 0.29) is 35.1 Å². The fraction of sp³-hybridized carbons (Fsp3) is 0.680. The van der Waals surface area contributed by atoms with E-state index in [1.807, 2.05) is 30.3 Å². The van der Waals surface area contributed by atoms with Crippen LogP contribution < -0.4 is 22.3 Å². The Morgan fingerprint density at radius 3 is 2.61 bits per heavy atom. The minimum absolute atomic E-state index is 0.00931. The number of amides is 1. The Hall–Kier alpha value is -2.05. The number of nitrogens with two attached hydrogens (primary N) is 2. The zero-order valence-corrected chi connectivity index (χ0v) is 22.6. The van der Waals surface area contributed by atoms with Crippen molar-refractivity contribution in [2.75, 3.05) is 20.2 Å². The number of benzene rings is 1. The molecule has 7 N–H and O–H groups in total. The van der Waals surface area contributed by atoms with Gasteiger partial charge in [0, 0.05) is 26.2 Å².